The van der Waals surface area contributed by atoms with E-state index < -0.39 is 29.7 Å². The molecule has 5 rings (SSSR count). The Morgan fingerprint density at radius 2 is 1.70 bits per heavy atom. The molecule has 0 spiro atoms. The molecule has 4 aromatic rings. The smallest absolute Gasteiger partial charge is 0.361 e. The first-order valence-electron chi connectivity index (χ1n) is 14.8. The Labute approximate surface area is 255 Å². The second kappa shape index (κ2) is 13.1. The van der Waals surface area contributed by atoms with Crippen LogP contribution in [0.4, 0.5) is 23.7 Å². The number of rotatable bonds is 8. The van der Waals surface area contributed by atoms with E-state index in [0.717, 1.165) is 28.1 Å². The first-order chi connectivity index (χ1) is 21.0. The fourth-order valence-electron chi connectivity index (χ4n) is 6.13. The summed E-state index contributed by atoms with van der Waals surface area (Å²) in [7, 11) is 3.94. The molecule has 3 amide bonds. The Morgan fingerprint density at radius 3 is 2.43 bits per heavy atom. The van der Waals surface area contributed by atoms with Crippen molar-refractivity contribution in [1.82, 2.24) is 20.1 Å². The highest BCUT2D eigenvalue weighted by Gasteiger charge is 2.37. The van der Waals surface area contributed by atoms with Gasteiger partial charge >= 0.3 is 12.2 Å². The second-order valence-corrected chi connectivity index (χ2v) is 11.8. The normalized spacial score (nSPS) is 15.8. The summed E-state index contributed by atoms with van der Waals surface area (Å²) in [6.07, 6.45) is -1.78. The summed E-state index contributed by atoms with van der Waals surface area (Å²) in [6.45, 7) is 3.18. The van der Waals surface area contributed by atoms with Gasteiger partial charge < -0.3 is 25.4 Å². The molecule has 1 fully saturated rings. The molecule has 0 unspecified atom stereocenters. The number of aromatic amines is 1. The van der Waals surface area contributed by atoms with E-state index in [-0.39, 0.29) is 30.5 Å². The summed E-state index contributed by atoms with van der Waals surface area (Å²) in [5, 5.41) is 6.93. The van der Waals surface area contributed by atoms with Crippen molar-refractivity contribution in [2.24, 2.45) is 0 Å². The van der Waals surface area contributed by atoms with Crippen LogP contribution >= 0.6 is 0 Å². The lowest BCUT2D eigenvalue weighted by Gasteiger charge is -2.35. The standard InChI is InChI=1S/C34H38F3N5O2/c1-22(28-20-38-30-14-7-5-12-27(28)30)31(32(43)39-25-10-8-9-23(19-25)21-41(2)3)40-33(44)42-17-15-24(16-18-42)26-11-4-6-13-29(26)34(35,36)37/h4-14,19-20,22,24,31,38H,15-18,21H2,1-3H3,(H,39,43)(H,40,44)/t22-,31+/m0/s1. The maximum absolute atomic E-state index is 13.8. The number of alkyl halides is 3. The summed E-state index contributed by atoms with van der Waals surface area (Å²) >= 11 is 0. The largest absolute Gasteiger partial charge is 0.416 e. The number of H-pyrrole nitrogens is 1. The molecular weight excluding hydrogens is 567 g/mol. The van der Waals surface area contributed by atoms with Crippen molar-refractivity contribution >= 4 is 28.5 Å². The van der Waals surface area contributed by atoms with Gasteiger partial charge in [0.25, 0.3) is 0 Å². The van der Waals surface area contributed by atoms with Crippen LogP contribution in [-0.4, -0.2) is 59.9 Å². The third-order valence-electron chi connectivity index (χ3n) is 8.35. The van der Waals surface area contributed by atoms with Crippen molar-refractivity contribution in [2.45, 2.75) is 50.4 Å². The molecule has 1 aromatic heterocycles. The SMILES string of the molecule is C[C@@H](c1c[nH]c2ccccc12)[C@@H](NC(=O)N1CCC(c2ccccc2C(F)(F)F)CC1)C(=O)Nc1cccc(CN(C)C)c1. The Balaban J connectivity index is 1.34. The summed E-state index contributed by atoms with van der Waals surface area (Å²) in [6, 6.07) is 19.7. The van der Waals surface area contributed by atoms with Gasteiger partial charge in [-0.3, -0.25) is 4.79 Å². The lowest BCUT2D eigenvalue weighted by atomic mass is 9.86. The number of carbonyl (C=O) groups excluding carboxylic acids is 2. The number of nitrogens with zero attached hydrogens (tertiary/aromatic N) is 2. The number of hydrogen-bond acceptors (Lipinski definition) is 3. The number of halogens is 3. The van der Waals surface area contributed by atoms with E-state index in [1.807, 2.05) is 80.6 Å². The molecule has 1 aliphatic heterocycles. The molecule has 232 valence electrons. The number of likely N-dealkylation sites (tertiary alicyclic amines) is 1. The van der Waals surface area contributed by atoms with Crippen LogP contribution in [0, 0.1) is 0 Å². The maximum atomic E-state index is 13.8. The van der Waals surface area contributed by atoms with Gasteiger partial charge in [0.15, 0.2) is 0 Å². The summed E-state index contributed by atoms with van der Waals surface area (Å²) in [5.41, 5.74) is 3.13. The second-order valence-electron chi connectivity index (χ2n) is 11.8. The number of para-hydroxylation sites is 1. The quantitative estimate of drug-likeness (QED) is 0.203. The Hall–Kier alpha value is -4.31. The van der Waals surface area contributed by atoms with Crippen molar-refractivity contribution in [2.75, 3.05) is 32.5 Å². The Kier molecular flexibility index (Phi) is 9.29. The van der Waals surface area contributed by atoms with Gasteiger partial charge in [0.05, 0.1) is 5.56 Å². The molecule has 2 atom stereocenters. The lowest BCUT2D eigenvalue weighted by Crippen LogP contribution is -2.53. The number of urea groups is 1. The van der Waals surface area contributed by atoms with Crippen LogP contribution in [0.1, 0.15) is 53.9 Å². The highest BCUT2D eigenvalue weighted by atomic mass is 19.4. The monoisotopic (exact) mass is 605 g/mol. The molecular formula is C34H38F3N5O2. The number of piperidine rings is 1. The van der Waals surface area contributed by atoms with E-state index in [4.69, 9.17) is 0 Å². The minimum absolute atomic E-state index is 0.266. The number of aromatic nitrogens is 1. The Bertz CT molecular complexity index is 1610. The van der Waals surface area contributed by atoms with Gasteiger partial charge in [0.1, 0.15) is 6.04 Å². The maximum Gasteiger partial charge on any atom is 0.416 e. The summed E-state index contributed by atoms with van der Waals surface area (Å²) in [4.78, 5) is 34.3. The molecule has 3 N–H and O–H groups in total. The molecule has 0 saturated carbocycles. The van der Waals surface area contributed by atoms with E-state index in [0.29, 0.717) is 25.1 Å². The minimum atomic E-state index is -4.43. The van der Waals surface area contributed by atoms with Gasteiger partial charge in [-0.2, -0.15) is 13.2 Å². The molecule has 10 heteroatoms. The first kappa shape index (κ1) is 31.1. The van der Waals surface area contributed by atoms with E-state index >= 15 is 0 Å². The molecule has 1 aliphatic rings. The third-order valence-corrected chi connectivity index (χ3v) is 8.35. The molecule has 2 heterocycles. The van der Waals surface area contributed by atoms with Gasteiger partial charge in [0, 0.05) is 48.3 Å². The fourth-order valence-corrected chi connectivity index (χ4v) is 6.13. The van der Waals surface area contributed by atoms with Crippen LogP contribution in [0.2, 0.25) is 0 Å². The van der Waals surface area contributed by atoms with Crippen molar-refractivity contribution in [1.29, 1.82) is 0 Å². The molecule has 3 aromatic carbocycles. The van der Waals surface area contributed by atoms with Crippen LogP contribution in [0.15, 0.2) is 79.0 Å². The number of benzene rings is 3. The van der Waals surface area contributed by atoms with E-state index in [1.165, 1.54) is 12.1 Å². The molecule has 0 aliphatic carbocycles. The van der Waals surface area contributed by atoms with Crippen LogP contribution in [0.5, 0.6) is 0 Å². The number of carbonyl (C=O) groups is 2. The molecule has 7 nitrogen and oxygen atoms in total. The third kappa shape index (κ3) is 7.07. The first-order valence-corrected chi connectivity index (χ1v) is 14.8. The number of fused-ring (bicyclic) bond motifs is 1. The summed E-state index contributed by atoms with van der Waals surface area (Å²) < 4.78 is 40.9. The van der Waals surface area contributed by atoms with Gasteiger partial charge in [-0.15, -0.1) is 0 Å². The van der Waals surface area contributed by atoms with E-state index in [1.54, 1.807) is 11.0 Å². The predicted octanol–water partition coefficient (Wildman–Crippen LogP) is 6.95. The predicted molar refractivity (Wildman–Crippen MR) is 166 cm³/mol. The van der Waals surface area contributed by atoms with Gasteiger partial charge in [-0.25, -0.2) is 4.79 Å². The van der Waals surface area contributed by atoms with Crippen LogP contribution < -0.4 is 10.6 Å². The number of nitrogens with one attached hydrogen (secondary N) is 3. The van der Waals surface area contributed by atoms with Crippen molar-refractivity contribution in [3.8, 4) is 0 Å². The fraction of sp³-hybridized carbons (Fsp3) is 0.353. The highest BCUT2D eigenvalue weighted by Crippen LogP contribution is 2.38. The molecule has 0 bridgehead atoms. The molecule has 44 heavy (non-hydrogen) atoms. The van der Waals surface area contributed by atoms with Crippen LogP contribution in [0.3, 0.4) is 0 Å². The average Bonchev–Trinajstić information content (AvgIpc) is 3.43. The van der Waals surface area contributed by atoms with Crippen LogP contribution in [-0.2, 0) is 17.5 Å². The van der Waals surface area contributed by atoms with Gasteiger partial charge in [0.2, 0.25) is 5.91 Å². The molecule has 0 radical (unpaired) electrons. The molecule has 1 saturated heterocycles. The van der Waals surface area contributed by atoms with E-state index in [2.05, 4.69) is 15.6 Å². The van der Waals surface area contributed by atoms with Gasteiger partial charge in [-0.1, -0.05) is 55.5 Å². The number of amides is 3. The van der Waals surface area contributed by atoms with Crippen LogP contribution in [0.25, 0.3) is 10.9 Å². The zero-order chi connectivity index (χ0) is 31.4. The highest BCUT2D eigenvalue weighted by molar-refractivity contribution is 5.98. The minimum Gasteiger partial charge on any atom is -0.361 e. The van der Waals surface area contributed by atoms with Crippen molar-refractivity contribution in [3.05, 3.63) is 101 Å². The average molecular weight is 606 g/mol. The lowest BCUT2D eigenvalue weighted by molar-refractivity contribution is -0.138. The topological polar surface area (TPSA) is 80.5 Å². The zero-order valence-corrected chi connectivity index (χ0v) is 25.1. The van der Waals surface area contributed by atoms with Gasteiger partial charge in [-0.05, 0) is 73.8 Å². The number of anilines is 1. The summed E-state index contributed by atoms with van der Waals surface area (Å²) in [5.74, 6) is -1.06. The van der Waals surface area contributed by atoms with Crippen molar-refractivity contribution in [3.63, 3.8) is 0 Å². The number of hydrogen-bond donors (Lipinski definition) is 3. The zero-order valence-electron chi connectivity index (χ0n) is 25.1. The Morgan fingerprint density at radius 1 is 1.00 bits per heavy atom. The van der Waals surface area contributed by atoms with Crippen molar-refractivity contribution < 1.29 is 22.8 Å². The van der Waals surface area contributed by atoms with E-state index in [9.17, 15) is 22.8 Å².